The fraction of sp³-hybridized carbons (Fsp3) is 0.600. The SMILES string of the molecule is CC1OCCC1Sc1ccc(Cl)cc1CNC1CC1. The summed E-state index contributed by atoms with van der Waals surface area (Å²) in [6.45, 7) is 3.99. The van der Waals surface area contributed by atoms with Gasteiger partial charge in [-0.05, 0) is 49.9 Å². The Bertz CT molecular complexity index is 450. The molecule has 0 aromatic heterocycles. The van der Waals surface area contributed by atoms with Gasteiger partial charge in [0.25, 0.3) is 0 Å². The molecule has 104 valence electrons. The molecule has 1 heterocycles. The number of nitrogens with one attached hydrogen (secondary N) is 1. The van der Waals surface area contributed by atoms with Crippen molar-refractivity contribution in [2.24, 2.45) is 0 Å². The van der Waals surface area contributed by atoms with Gasteiger partial charge in [-0.15, -0.1) is 11.8 Å². The number of benzene rings is 1. The smallest absolute Gasteiger partial charge is 0.0669 e. The molecule has 2 fully saturated rings. The minimum absolute atomic E-state index is 0.352. The molecule has 1 saturated carbocycles. The molecule has 1 aromatic carbocycles. The molecule has 1 saturated heterocycles. The van der Waals surface area contributed by atoms with E-state index in [0.29, 0.717) is 11.4 Å². The minimum Gasteiger partial charge on any atom is -0.377 e. The summed E-state index contributed by atoms with van der Waals surface area (Å²) in [5.41, 5.74) is 1.32. The van der Waals surface area contributed by atoms with Crippen LogP contribution >= 0.6 is 23.4 Å². The molecule has 2 unspecified atom stereocenters. The van der Waals surface area contributed by atoms with E-state index in [4.69, 9.17) is 16.3 Å². The van der Waals surface area contributed by atoms with E-state index in [9.17, 15) is 0 Å². The molecular formula is C15H20ClNOS. The molecule has 1 aliphatic heterocycles. The number of hydrogen-bond acceptors (Lipinski definition) is 3. The third-order valence-electron chi connectivity index (χ3n) is 3.77. The lowest BCUT2D eigenvalue weighted by molar-refractivity contribution is 0.127. The van der Waals surface area contributed by atoms with Gasteiger partial charge in [0.1, 0.15) is 0 Å². The Kier molecular flexibility index (Phi) is 4.37. The van der Waals surface area contributed by atoms with Crippen LogP contribution in [-0.4, -0.2) is 24.0 Å². The maximum atomic E-state index is 6.13. The average molecular weight is 298 g/mol. The highest BCUT2D eigenvalue weighted by atomic mass is 35.5. The normalized spacial score (nSPS) is 26.8. The largest absolute Gasteiger partial charge is 0.377 e. The predicted molar refractivity (Wildman–Crippen MR) is 81.0 cm³/mol. The summed E-state index contributed by atoms with van der Waals surface area (Å²) in [4.78, 5) is 1.35. The maximum Gasteiger partial charge on any atom is 0.0669 e. The van der Waals surface area contributed by atoms with Crippen molar-refractivity contribution in [3.05, 3.63) is 28.8 Å². The zero-order valence-electron chi connectivity index (χ0n) is 11.2. The second-order valence-electron chi connectivity index (χ2n) is 5.43. The number of ether oxygens (including phenoxy) is 1. The molecule has 2 aliphatic rings. The van der Waals surface area contributed by atoms with Crippen molar-refractivity contribution in [3.63, 3.8) is 0 Å². The van der Waals surface area contributed by atoms with Crippen LogP contribution in [0.4, 0.5) is 0 Å². The van der Waals surface area contributed by atoms with Gasteiger partial charge in [0, 0.05) is 34.4 Å². The molecule has 0 bridgehead atoms. The quantitative estimate of drug-likeness (QED) is 0.892. The highest BCUT2D eigenvalue weighted by Crippen LogP contribution is 2.35. The molecule has 0 spiro atoms. The first kappa shape index (κ1) is 13.7. The van der Waals surface area contributed by atoms with Gasteiger partial charge in [-0.25, -0.2) is 0 Å². The van der Waals surface area contributed by atoms with E-state index in [0.717, 1.165) is 30.6 Å². The number of rotatable bonds is 5. The predicted octanol–water partition coefficient (Wildman–Crippen LogP) is 3.86. The molecule has 4 heteroatoms. The molecule has 3 rings (SSSR count). The molecular weight excluding hydrogens is 278 g/mol. The van der Waals surface area contributed by atoms with Crippen LogP contribution in [0.25, 0.3) is 0 Å². The summed E-state index contributed by atoms with van der Waals surface area (Å²) < 4.78 is 5.65. The van der Waals surface area contributed by atoms with Crippen LogP contribution in [-0.2, 0) is 11.3 Å². The van der Waals surface area contributed by atoms with Crippen LogP contribution in [0.5, 0.6) is 0 Å². The third kappa shape index (κ3) is 3.66. The Balaban J connectivity index is 1.70. The van der Waals surface area contributed by atoms with Crippen molar-refractivity contribution in [1.82, 2.24) is 5.32 Å². The second-order valence-corrected chi connectivity index (χ2v) is 7.15. The van der Waals surface area contributed by atoms with Gasteiger partial charge < -0.3 is 10.1 Å². The summed E-state index contributed by atoms with van der Waals surface area (Å²) in [5, 5.41) is 4.97. The van der Waals surface area contributed by atoms with Crippen molar-refractivity contribution in [1.29, 1.82) is 0 Å². The summed E-state index contributed by atoms with van der Waals surface area (Å²) in [5.74, 6) is 0. The molecule has 1 aromatic rings. The second kappa shape index (κ2) is 6.04. The van der Waals surface area contributed by atoms with E-state index in [-0.39, 0.29) is 0 Å². The molecule has 0 radical (unpaired) electrons. The first-order valence-corrected chi connectivity index (χ1v) is 8.28. The zero-order valence-corrected chi connectivity index (χ0v) is 12.8. The minimum atomic E-state index is 0.352. The number of thioether (sulfide) groups is 1. The monoisotopic (exact) mass is 297 g/mol. The zero-order chi connectivity index (χ0) is 13.2. The van der Waals surface area contributed by atoms with E-state index in [1.54, 1.807) is 0 Å². The van der Waals surface area contributed by atoms with Crippen LogP contribution in [0.1, 0.15) is 31.7 Å². The Hall–Kier alpha value is -0.220. The summed E-state index contributed by atoms with van der Waals surface area (Å²) in [6.07, 6.45) is 4.13. The highest BCUT2D eigenvalue weighted by molar-refractivity contribution is 8.00. The van der Waals surface area contributed by atoms with E-state index < -0.39 is 0 Å². The van der Waals surface area contributed by atoms with Gasteiger partial charge in [-0.3, -0.25) is 0 Å². The van der Waals surface area contributed by atoms with Crippen molar-refractivity contribution in [3.8, 4) is 0 Å². The van der Waals surface area contributed by atoms with E-state index in [1.807, 2.05) is 17.8 Å². The third-order valence-corrected chi connectivity index (χ3v) is 5.58. The van der Waals surface area contributed by atoms with Gasteiger partial charge in [-0.1, -0.05) is 11.6 Å². The summed E-state index contributed by atoms with van der Waals surface area (Å²) >= 11 is 8.07. The van der Waals surface area contributed by atoms with Crippen molar-refractivity contribution >= 4 is 23.4 Å². The summed E-state index contributed by atoms with van der Waals surface area (Å²) in [6, 6.07) is 6.97. The first-order chi connectivity index (χ1) is 9.22. The van der Waals surface area contributed by atoms with Crippen LogP contribution in [0, 0.1) is 0 Å². The lowest BCUT2D eigenvalue weighted by Crippen LogP contribution is -2.17. The number of halogens is 1. The van der Waals surface area contributed by atoms with Crippen LogP contribution in [0.15, 0.2) is 23.1 Å². The molecule has 1 N–H and O–H groups in total. The first-order valence-electron chi connectivity index (χ1n) is 7.02. The Morgan fingerprint density at radius 3 is 2.89 bits per heavy atom. The maximum absolute atomic E-state index is 6.13. The fourth-order valence-electron chi connectivity index (χ4n) is 2.37. The van der Waals surface area contributed by atoms with E-state index in [1.165, 1.54) is 23.3 Å². The van der Waals surface area contributed by atoms with E-state index in [2.05, 4.69) is 24.4 Å². The Morgan fingerprint density at radius 1 is 1.37 bits per heavy atom. The lowest BCUT2D eigenvalue weighted by Gasteiger charge is -2.17. The number of hydrogen-bond donors (Lipinski definition) is 1. The topological polar surface area (TPSA) is 21.3 Å². The van der Waals surface area contributed by atoms with Gasteiger partial charge in [0.05, 0.1) is 6.10 Å². The average Bonchev–Trinajstić information content (AvgIpc) is 3.14. The van der Waals surface area contributed by atoms with Crippen molar-refractivity contribution in [2.45, 2.75) is 55.0 Å². The Morgan fingerprint density at radius 2 is 2.21 bits per heavy atom. The summed E-state index contributed by atoms with van der Waals surface area (Å²) in [7, 11) is 0. The molecule has 2 nitrogen and oxygen atoms in total. The van der Waals surface area contributed by atoms with E-state index >= 15 is 0 Å². The molecule has 1 aliphatic carbocycles. The Labute approximate surface area is 124 Å². The van der Waals surface area contributed by atoms with Crippen molar-refractivity contribution < 1.29 is 4.74 Å². The van der Waals surface area contributed by atoms with Gasteiger partial charge in [-0.2, -0.15) is 0 Å². The molecule has 2 atom stereocenters. The van der Waals surface area contributed by atoms with Gasteiger partial charge >= 0.3 is 0 Å². The lowest BCUT2D eigenvalue weighted by atomic mass is 10.2. The van der Waals surface area contributed by atoms with Crippen LogP contribution in [0.2, 0.25) is 5.02 Å². The standard InChI is InChI=1S/C15H20ClNOS/c1-10-14(6-7-18-10)19-15-5-2-12(16)8-11(15)9-17-13-3-4-13/h2,5,8,10,13-14,17H,3-4,6-7,9H2,1H3. The molecule has 19 heavy (non-hydrogen) atoms. The van der Waals surface area contributed by atoms with Gasteiger partial charge in [0.2, 0.25) is 0 Å². The molecule has 0 amide bonds. The van der Waals surface area contributed by atoms with Gasteiger partial charge in [0.15, 0.2) is 0 Å². The van der Waals surface area contributed by atoms with Crippen LogP contribution < -0.4 is 5.32 Å². The highest BCUT2D eigenvalue weighted by Gasteiger charge is 2.26. The fourth-order valence-corrected chi connectivity index (χ4v) is 3.81. The van der Waals surface area contributed by atoms with Crippen molar-refractivity contribution in [2.75, 3.05) is 6.61 Å². The van der Waals surface area contributed by atoms with Crippen LogP contribution in [0.3, 0.4) is 0 Å².